The van der Waals surface area contributed by atoms with Crippen molar-refractivity contribution in [1.82, 2.24) is 0 Å². The summed E-state index contributed by atoms with van der Waals surface area (Å²) in [7, 11) is 0. The second-order valence-corrected chi connectivity index (χ2v) is 15.1. The third-order valence-electron chi connectivity index (χ3n) is 6.11. The number of benzene rings is 4. The number of anilines is 4. The summed E-state index contributed by atoms with van der Waals surface area (Å²) in [6.45, 7) is 0. The Bertz CT molecular complexity index is 1080. The van der Waals surface area contributed by atoms with E-state index in [0.29, 0.717) is 22.7 Å². The zero-order chi connectivity index (χ0) is 19.6. The van der Waals surface area contributed by atoms with E-state index in [2.05, 4.69) is 24.3 Å². The van der Waals surface area contributed by atoms with E-state index in [0.717, 1.165) is 27.7 Å². The van der Waals surface area contributed by atoms with Crippen molar-refractivity contribution in [3.63, 3.8) is 0 Å². The number of fused-ring (bicyclic) bond motifs is 8. The summed E-state index contributed by atoms with van der Waals surface area (Å²) in [5.74, 6) is 0. The molecule has 0 fully saturated rings. The van der Waals surface area contributed by atoms with Crippen LogP contribution in [0.5, 0.6) is 0 Å². The van der Waals surface area contributed by atoms with Gasteiger partial charge in [-0.15, -0.1) is 0 Å². The summed E-state index contributed by atoms with van der Waals surface area (Å²) < 4.78 is 4.31. The van der Waals surface area contributed by atoms with Crippen LogP contribution < -0.4 is 27.7 Å². The van der Waals surface area contributed by atoms with Crippen LogP contribution >= 0.6 is 0 Å². The van der Waals surface area contributed by atoms with Crippen LogP contribution in [0.3, 0.4) is 0 Å². The van der Waals surface area contributed by atoms with Gasteiger partial charge in [-0.1, -0.05) is 0 Å². The van der Waals surface area contributed by atoms with Gasteiger partial charge in [0.2, 0.25) is 0 Å². The van der Waals surface area contributed by atoms with E-state index in [9.17, 15) is 10.4 Å². The first-order chi connectivity index (χ1) is 14.2. The SMILES string of the molecule is [O]N1c2cccc[c]2[Ge]2([c]3ccccc31)[c]1ccccc1N([O])c1cccc[c]12. The van der Waals surface area contributed by atoms with Crippen LogP contribution in [0.25, 0.3) is 0 Å². The van der Waals surface area contributed by atoms with E-state index >= 15 is 0 Å². The second-order valence-electron chi connectivity index (χ2n) is 7.41. The van der Waals surface area contributed by atoms with Gasteiger partial charge in [0.25, 0.3) is 0 Å². The molecule has 138 valence electrons. The quantitative estimate of drug-likeness (QED) is 0.398. The molecule has 0 N–H and O–H groups in total. The second kappa shape index (κ2) is 5.97. The topological polar surface area (TPSA) is 46.3 Å². The summed E-state index contributed by atoms with van der Waals surface area (Å²) in [5.41, 5.74) is 2.76. The minimum absolute atomic E-state index is 0.690. The molecular formula is C24H16GeN2O2. The molecule has 0 atom stereocenters. The fourth-order valence-corrected chi connectivity index (χ4v) is 16.3. The monoisotopic (exact) mass is 438 g/mol. The molecule has 0 bridgehead atoms. The predicted molar refractivity (Wildman–Crippen MR) is 116 cm³/mol. The summed E-state index contributed by atoms with van der Waals surface area (Å²) in [4.78, 5) is 0. The van der Waals surface area contributed by atoms with Crippen LogP contribution in [-0.2, 0) is 10.4 Å². The average molecular weight is 437 g/mol. The Morgan fingerprint density at radius 3 is 0.931 bits per heavy atom. The van der Waals surface area contributed by atoms with Crippen molar-refractivity contribution in [2.75, 3.05) is 10.1 Å². The van der Waals surface area contributed by atoms with Crippen molar-refractivity contribution in [2.24, 2.45) is 0 Å². The van der Waals surface area contributed by atoms with Gasteiger partial charge in [-0.05, 0) is 0 Å². The molecular weight excluding hydrogens is 421 g/mol. The average Bonchev–Trinajstić information content (AvgIpc) is 2.79. The molecule has 5 heteroatoms. The Morgan fingerprint density at radius 2 is 0.655 bits per heavy atom. The van der Waals surface area contributed by atoms with Gasteiger partial charge in [-0.2, -0.15) is 0 Å². The molecule has 4 nitrogen and oxygen atoms in total. The van der Waals surface area contributed by atoms with E-state index in [1.807, 2.05) is 72.8 Å². The molecule has 2 heterocycles. The van der Waals surface area contributed by atoms with Gasteiger partial charge < -0.3 is 0 Å². The molecule has 0 aliphatic carbocycles. The van der Waals surface area contributed by atoms with Crippen molar-refractivity contribution >= 4 is 53.6 Å². The zero-order valence-electron chi connectivity index (χ0n) is 15.4. The van der Waals surface area contributed by atoms with Gasteiger partial charge in [-0.3, -0.25) is 0 Å². The van der Waals surface area contributed by atoms with Crippen LogP contribution in [-0.4, -0.2) is 13.3 Å². The van der Waals surface area contributed by atoms with E-state index in [1.54, 1.807) is 0 Å². The third-order valence-corrected chi connectivity index (χ3v) is 16.4. The van der Waals surface area contributed by atoms with E-state index < -0.39 is 13.3 Å². The number of para-hydroxylation sites is 4. The first-order valence-corrected chi connectivity index (χ1v) is 13.8. The Kier molecular flexibility index (Phi) is 3.47. The van der Waals surface area contributed by atoms with Crippen LogP contribution in [0.15, 0.2) is 97.1 Å². The Morgan fingerprint density at radius 1 is 0.414 bits per heavy atom. The van der Waals surface area contributed by atoms with E-state index in [1.165, 1.54) is 0 Å². The molecule has 2 aliphatic rings. The van der Waals surface area contributed by atoms with Crippen LogP contribution in [0, 0.1) is 0 Å². The van der Waals surface area contributed by atoms with Crippen molar-refractivity contribution in [3.05, 3.63) is 97.1 Å². The molecule has 0 amide bonds. The summed E-state index contributed by atoms with van der Waals surface area (Å²) >= 11 is -3.55. The third kappa shape index (κ3) is 2.00. The number of hydrogen-bond acceptors (Lipinski definition) is 2. The summed E-state index contributed by atoms with van der Waals surface area (Å²) in [5, 5.41) is 28.7. The summed E-state index contributed by atoms with van der Waals surface area (Å²) in [6.07, 6.45) is 0. The molecule has 4 aromatic rings. The molecule has 1 spiro atoms. The normalized spacial score (nSPS) is 15.4. The molecule has 0 saturated heterocycles. The van der Waals surface area contributed by atoms with Gasteiger partial charge in [-0.25, -0.2) is 0 Å². The summed E-state index contributed by atoms with van der Waals surface area (Å²) in [6, 6.07) is 31.6. The van der Waals surface area contributed by atoms with Gasteiger partial charge in [0, 0.05) is 0 Å². The molecule has 4 aromatic carbocycles. The fraction of sp³-hybridized carbons (Fsp3) is 0. The maximum atomic E-state index is 13.3. The molecule has 0 aromatic heterocycles. The molecule has 0 saturated carbocycles. The van der Waals surface area contributed by atoms with Crippen LogP contribution in [0.1, 0.15) is 0 Å². The van der Waals surface area contributed by atoms with Crippen molar-refractivity contribution in [1.29, 1.82) is 0 Å². The van der Waals surface area contributed by atoms with Gasteiger partial charge >= 0.3 is 171 Å². The van der Waals surface area contributed by atoms with Gasteiger partial charge in [0.1, 0.15) is 0 Å². The molecule has 2 radical (unpaired) electrons. The van der Waals surface area contributed by atoms with E-state index in [4.69, 9.17) is 0 Å². The standard InChI is InChI=1S/C24H16GeN2O2/c28-26-21-13-5-1-9-17(21)25(18-10-2-6-14-22(18)26)19-11-3-7-15-23(19)27(29)24-16-8-4-12-20(24)25/h1-16H. The van der Waals surface area contributed by atoms with Gasteiger partial charge in [0.15, 0.2) is 0 Å². The minimum atomic E-state index is -3.55. The number of rotatable bonds is 0. The van der Waals surface area contributed by atoms with Crippen LogP contribution in [0.4, 0.5) is 22.7 Å². The molecule has 2 aliphatic heterocycles. The van der Waals surface area contributed by atoms with Crippen molar-refractivity contribution < 1.29 is 10.4 Å². The zero-order valence-corrected chi connectivity index (χ0v) is 17.5. The maximum absolute atomic E-state index is 13.3. The predicted octanol–water partition coefficient (Wildman–Crippen LogP) is 2.66. The number of nitrogens with zero attached hydrogens (tertiary/aromatic N) is 2. The van der Waals surface area contributed by atoms with E-state index in [-0.39, 0.29) is 0 Å². The fourth-order valence-electron chi connectivity index (χ4n) is 5.00. The number of hydrogen-bond donors (Lipinski definition) is 0. The first-order valence-electron chi connectivity index (χ1n) is 9.57. The molecule has 6 rings (SSSR count). The van der Waals surface area contributed by atoms with Crippen molar-refractivity contribution in [3.8, 4) is 0 Å². The first kappa shape index (κ1) is 16.9. The van der Waals surface area contributed by atoms with Crippen LogP contribution in [0.2, 0.25) is 0 Å². The molecule has 0 unspecified atom stereocenters. The molecule has 29 heavy (non-hydrogen) atoms. The Hall–Kier alpha value is -3.06. The Labute approximate surface area is 171 Å². The Balaban J connectivity index is 1.87. The van der Waals surface area contributed by atoms with Crippen molar-refractivity contribution in [2.45, 2.75) is 0 Å². The van der Waals surface area contributed by atoms with Gasteiger partial charge in [0.05, 0.1) is 0 Å².